The molecule has 1 fully saturated rings. The Hall–Kier alpha value is -1.39. The van der Waals surface area contributed by atoms with E-state index < -0.39 is 10.8 Å². The van der Waals surface area contributed by atoms with Crippen molar-refractivity contribution in [2.75, 3.05) is 6.26 Å². The third kappa shape index (κ3) is 3.87. The van der Waals surface area contributed by atoms with Crippen molar-refractivity contribution < 1.29 is 8.63 Å². The van der Waals surface area contributed by atoms with E-state index >= 15 is 0 Å². The molecule has 0 bridgehead atoms. The molecule has 3 nitrogen and oxygen atoms in total. The molecule has 1 aromatic carbocycles. The quantitative estimate of drug-likeness (QED) is 0.808. The average Bonchev–Trinajstić information content (AvgIpc) is 3.20. The highest BCUT2D eigenvalue weighted by Gasteiger charge is 2.23. The topological polar surface area (TPSA) is 33.5 Å². The molecule has 0 unspecified atom stereocenters. The first-order chi connectivity index (χ1) is 10.7. The van der Waals surface area contributed by atoms with Crippen LogP contribution in [0.5, 0.6) is 0 Å². The van der Waals surface area contributed by atoms with Gasteiger partial charge < -0.3 is 4.42 Å². The van der Waals surface area contributed by atoms with Crippen LogP contribution in [0.25, 0.3) is 0 Å². The highest BCUT2D eigenvalue weighted by atomic mass is 32.2. The van der Waals surface area contributed by atoms with Crippen LogP contribution in [-0.2, 0) is 23.9 Å². The molecule has 0 aliphatic heterocycles. The van der Waals surface area contributed by atoms with Gasteiger partial charge in [-0.15, -0.1) is 0 Å². The monoisotopic (exact) mass is 317 g/mol. The molecule has 0 spiro atoms. The summed E-state index contributed by atoms with van der Waals surface area (Å²) in [6, 6.07) is 12.8. The average molecular weight is 317 g/mol. The Balaban J connectivity index is 1.72. The maximum Gasteiger partial charge on any atom is 0.117 e. The fourth-order valence-corrected chi connectivity index (χ4v) is 3.73. The number of hydrogen-bond acceptors (Lipinski definition) is 3. The SMILES string of the molecule is C[S@](=O)c1ccc(CN(Cc2ccco2)C2CCCC2)cc1. The summed E-state index contributed by atoms with van der Waals surface area (Å²) in [5, 5.41) is 0. The van der Waals surface area contributed by atoms with Crippen LogP contribution in [0.3, 0.4) is 0 Å². The zero-order valence-corrected chi connectivity index (χ0v) is 13.8. The third-order valence-corrected chi connectivity index (χ3v) is 5.36. The smallest absolute Gasteiger partial charge is 0.117 e. The lowest BCUT2D eigenvalue weighted by Gasteiger charge is -2.28. The third-order valence-electron chi connectivity index (χ3n) is 4.42. The van der Waals surface area contributed by atoms with Crippen molar-refractivity contribution >= 4 is 10.8 Å². The predicted octanol–water partition coefficient (Wildman–Crippen LogP) is 3.96. The molecule has 0 saturated heterocycles. The van der Waals surface area contributed by atoms with E-state index in [2.05, 4.69) is 17.0 Å². The number of hydrogen-bond donors (Lipinski definition) is 0. The number of rotatable bonds is 6. The summed E-state index contributed by atoms with van der Waals surface area (Å²) in [7, 11) is -0.907. The minimum atomic E-state index is -0.907. The van der Waals surface area contributed by atoms with E-state index in [0.717, 1.165) is 23.7 Å². The Bertz CT molecular complexity index is 601. The molecule has 1 heterocycles. The number of benzene rings is 1. The van der Waals surface area contributed by atoms with Gasteiger partial charge in [-0.3, -0.25) is 9.11 Å². The molecule has 1 saturated carbocycles. The summed E-state index contributed by atoms with van der Waals surface area (Å²) < 4.78 is 17.0. The minimum Gasteiger partial charge on any atom is -0.468 e. The molecule has 1 aliphatic carbocycles. The molecule has 1 atom stereocenters. The van der Waals surface area contributed by atoms with Crippen LogP contribution in [0.1, 0.15) is 37.0 Å². The fraction of sp³-hybridized carbons (Fsp3) is 0.444. The van der Waals surface area contributed by atoms with Crippen LogP contribution < -0.4 is 0 Å². The van der Waals surface area contributed by atoms with Crippen molar-refractivity contribution in [3.8, 4) is 0 Å². The minimum absolute atomic E-state index is 0.644. The molecular formula is C18H23NO2S. The van der Waals surface area contributed by atoms with E-state index in [9.17, 15) is 4.21 Å². The van der Waals surface area contributed by atoms with Crippen molar-refractivity contribution in [2.45, 2.75) is 49.7 Å². The summed E-state index contributed by atoms with van der Waals surface area (Å²) in [6.45, 7) is 1.78. The Morgan fingerprint density at radius 2 is 1.86 bits per heavy atom. The van der Waals surface area contributed by atoms with E-state index in [1.807, 2.05) is 24.3 Å². The summed E-state index contributed by atoms with van der Waals surface area (Å²) in [6.07, 6.45) is 8.67. The predicted molar refractivity (Wildman–Crippen MR) is 89.0 cm³/mol. The molecule has 2 aromatic rings. The molecule has 3 rings (SSSR count). The van der Waals surface area contributed by atoms with Gasteiger partial charge in [-0.25, -0.2) is 0 Å². The van der Waals surface area contributed by atoms with Gasteiger partial charge in [0.2, 0.25) is 0 Å². The highest BCUT2D eigenvalue weighted by molar-refractivity contribution is 7.84. The van der Waals surface area contributed by atoms with Gasteiger partial charge in [-0.1, -0.05) is 25.0 Å². The van der Waals surface area contributed by atoms with Crippen LogP contribution in [0, 0.1) is 0 Å². The second-order valence-electron chi connectivity index (χ2n) is 6.02. The molecule has 0 radical (unpaired) electrons. The van der Waals surface area contributed by atoms with Gasteiger partial charge in [0.1, 0.15) is 5.76 Å². The van der Waals surface area contributed by atoms with Gasteiger partial charge in [0.15, 0.2) is 0 Å². The van der Waals surface area contributed by atoms with Gasteiger partial charge in [0.05, 0.1) is 12.8 Å². The second kappa shape index (κ2) is 7.25. The first-order valence-electron chi connectivity index (χ1n) is 7.91. The number of furan rings is 1. The largest absolute Gasteiger partial charge is 0.468 e. The van der Waals surface area contributed by atoms with E-state index in [0.29, 0.717) is 6.04 Å². The second-order valence-corrected chi connectivity index (χ2v) is 7.40. The van der Waals surface area contributed by atoms with Gasteiger partial charge >= 0.3 is 0 Å². The lowest BCUT2D eigenvalue weighted by atomic mass is 10.1. The van der Waals surface area contributed by atoms with Crippen LogP contribution in [-0.4, -0.2) is 21.4 Å². The van der Waals surface area contributed by atoms with Crippen molar-refractivity contribution in [1.29, 1.82) is 0 Å². The van der Waals surface area contributed by atoms with Crippen molar-refractivity contribution in [2.24, 2.45) is 0 Å². The van der Waals surface area contributed by atoms with Crippen LogP contribution in [0.4, 0.5) is 0 Å². The number of nitrogens with zero attached hydrogens (tertiary/aromatic N) is 1. The van der Waals surface area contributed by atoms with E-state index in [1.54, 1.807) is 12.5 Å². The molecule has 1 aromatic heterocycles. The molecule has 1 aliphatic rings. The van der Waals surface area contributed by atoms with Gasteiger partial charge in [-0.2, -0.15) is 0 Å². The standard InChI is InChI=1S/C18H23NO2S/c1-22(20)18-10-8-15(9-11-18)13-19(16-5-2-3-6-16)14-17-7-4-12-21-17/h4,7-12,16H,2-3,5-6,13-14H2,1H3/t22-/m0/s1. The van der Waals surface area contributed by atoms with Crippen LogP contribution in [0.2, 0.25) is 0 Å². The summed E-state index contributed by atoms with van der Waals surface area (Å²) >= 11 is 0. The van der Waals surface area contributed by atoms with Crippen molar-refractivity contribution in [3.63, 3.8) is 0 Å². The van der Waals surface area contributed by atoms with Crippen molar-refractivity contribution in [3.05, 3.63) is 54.0 Å². The molecule has 0 amide bonds. The van der Waals surface area contributed by atoms with E-state index in [1.165, 1.54) is 31.2 Å². The first-order valence-corrected chi connectivity index (χ1v) is 9.47. The lowest BCUT2D eigenvalue weighted by Crippen LogP contribution is -2.32. The zero-order chi connectivity index (χ0) is 15.4. The van der Waals surface area contributed by atoms with E-state index in [-0.39, 0.29) is 0 Å². The molecule has 0 N–H and O–H groups in total. The Labute approximate surface area is 134 Å². The molecular weight excluding hydrogens is 294 g/mol. The summed E-state index contributed by atoms with van der Waals surface area (Å²) in [5.41, 5.74) is 1.27. The first kappa shape index (κ1) is 15.5. The maximum absolute atomic E-state index is 11.5. The molecule has 4 heteroatoms. The Morgan fingerprint density at radius 3 is 2.45 bits per heavy atom. The van der Waals surface area contributed by atoms with Crippen molar-refractivity contribution in [1.82, 2.24) is 4.90 Å². The molecule has 118 valence electrons. The van der Waals surface area contributed by atoms with Crippen LogP contribution >= 0.6 is 0 Å². The maximum atomic E-state index is 11.5. The normalized spacial score (nSPS) is 17.2. The fourth-order valence-electron chi connectivity index (χ4n) is 3.21. The summed E-state index contributed by atoms with van der Waals surface area (Å²) in [4.78, 5) is 3.41. The zero-order valence-electron chi connectivity index (χ0n) is 13.0. The van der Waals surface area contributed by atoms with Gasteiger partial charge in [0.25, 0.3) is 0 Å². The Morgan fingerprint density at radius 1 is 1.14 bits per heavy atom. The van der Waals surface area contributed by atoms with E-state index in [4.69, 9.17) is 4.42 Å². The van der Waals surface area contributed by atoms with Crippen LogP contribution in [0.15, 0.2) is 52.0 Å². The van der Waals surface area contributed by atoms with Gasteiger partial charge in [0, 0.05) is 34.5 Å². The lowest BCUT2D eigenvalue weighted by molar-refractivity contribution is 0.167. The summed E-state index contributed by atoms with van der Waals surface area (Å²) in [5.74, 6) is 1.03. The highest BCUT2D eigenvalue weighted by Crippen LogP contribution is 2.26. The van der Waals surface area contributed by atoms with Gasteiger partial charge in [-0.05, 0) is 42.7 Å². The Kier molecular flexibility index (Phi) is 5.11. The molecule has 22 heavy (non-hydrogen) atoms.